The van der Waals surface area contributed by atoms with Crippen molar-refractivity contribution < 1.29 is 23.5 Å². The number of hydrogen-bond acceptors (Lipinski definition) is 2. The maximum absolute atomic E-state index is 13.2. The number of hydrogen-bond donors (Lipinski definition) is 2. The second-order valence-corrected chi connectivity index (χ2v) is 5.90. The van der Waals surface area contributed by atoms with Gasteiger partial charge in [-0.05, 0) is 47.1 Å². The standard InChI is InChI=1S/C13H14F2INO3/c1-6(2)3-11(13(19)20)17-12(18)7-4-8(14)9(15)5-10(7)16/h4-6,11H,3H2,1-2H3,(H,17,18)(H,19,20)/t11-/m0/s1. The molecule has 0 aliphatic rings. The van der Waals surface area contributed by atoms with Gasteiger partial charge in [0.15, 0.2) is 11.6 Å². The molecule has 0 heterocycles. The molecule has 0 fully saturated rings. The van der Waals surface area contributed by atoms with Crippen LogP contribution in [0.25, 0.3) is 0 Å². The van der Waals surface area contributed by atoms with Gasteiger partial charge in [0.25, 0.3) is 5.91 Å². The molecule has 0 radical (unpaired) electrons. The van der Waals surface area contributed by atoms with E-state index in [1.807, 2.05) is 13.8 Å². The Hall–Kier alpha value is -1.25. The quantitative estimate of drug-likeness (QED) is 0.593. The highest BCUT2D eigenvalue weighted by molar-refractivity contribution is 14.1. The van der Waals surface area contributed by atoms with Crippen LogP contribution in [-0.2, 0) is 4.79 Å². The summed E-state index contributed by atoms with van der Waals surface area (Å²) in [5.74, 6) is -4.03. The fourth-order valence-electron chi connectivity index (χ4n) is 1.63. The average Bonchev–Trinajstić information content (AvgIpc) is 2.32. The van der Waals surface area contributed by atoms with Crippen LogP contribution in [-0.4, -0.2) is 23.0 Å². The summed E-state index contributed by atoms with van der Waals surface area (Å²) in [7, 11) is 0. The number of halogens is 3. The zero-order valence-corrected chi connectivity index (χ0v) is 13.1. The number of carboxylic acids is 1. The Morgan fingerprint density at radius 1 is 1.30 bits per heavy atom. The van der Waals surface area contributed by atoms with Gasteiger partial charge >= 0.3 is 5.97 Å². The number of carboxylic acid groups (broad SMARTS) is 1. The van der Waals surface area contributed by atoms with E-state index < -0.39 is 29.6 Å². The van der Waals surface area contributed by atoms with Gasteiger partial charge in [0.2, 0.25) is 0 Å². The highest BCUT2D eigenvalue weighted by atomic mass is 127. The van der Waals surface area contributed by atoms with Gasteiger partial charge in [-0.3, -0.25) is 4.79 Å². The van der Waals surface area contributed by atoms with Crippen LogP contribution in [0.15, 0.2) is 12.1 Å². The third-order valence-corrected chi connectivity index (χ3v) is 3.46. The summed E-state index contributed by atoms with van der Waals surface area (Å²) in [4.78, 5) is 23.0. The first-order valence-corrected chi connectivity index (χ1v) is 6.98. The Labute approximate surface area is 128 Å². The third kappa shape index (κ3) is 4.39. The van der Waals surface area contributed by atoms with E-state index in [0.29, 0.717) is 0 Å². The first kappa shape index (κ1) is 16.8. The normalized spacial score (nSPS) is 12.3. The van der Waals surface area contributed by atoms with E-state index in [9.17, 15) is 18.4 Å². The first-order valence-electron chi connectivity index (χ1n) is 5.90. The summed E-state index contributed by atoms with van der Waals surface area (Å²) in [6.07, 6.45) is 0.251. The lowest BCUT2D eigenvalue weighted by Crippen LogP contribution is -2.41. The van der Waals surface area contributed by atoms with Gasteiger partial charge < -0.3 is 10.4 Å². The molecule has 0 bridgehead atoms. The van der Waals surface area contributed by atoms with E-state index >= 15 is 0 Å². The fraction of sp³-hybridized carbons (Fsp3) is 0.385. The molecule has 110 valence electrons. The van der Waals surface area contributed by atoms with Gasteiger partial charge in [-0.1, -0.05) is 13.8 Å². The van der Waals surface area contributed by atoms with Gasteiger partial charge in [-0.15, -0.1) is 0 Å². The third-order valence-electron chi connectivity index (χ3n) is 2.57. The van der Waals surface area contributed by atoms with E-state index in [0.717, 1.165) is 12.1 Å². The van der Waals surface area contributed by atoms with Crippen molar-refractivity contribution in [2.45, 2.75) is 26.3 Å². The predicted octanol–water partition coefficient (Wildman–Crippen LogP) is 2.80. The minimum Gasteiger partial charge on any atom is -0.480 e. The molecule has 1 atom stereocenters. The molecule has 0 saturated carbocycles. The molecular formula is C13H14F2INO3. The number of carbonyl (C=O) groups is 2. The SMILES string of the molecule is CC(C)C[C@H](NC(=O)c1cc(F)c(F)cc1I)C(=O)O. The van der Waals surface area contributed by atoms with Crippen molar-refractivity contribution in [3.05, 3.63) is 32.9 Å². The number of amides is 1. The van der Waals surface area contributed by atoms with Crippen LogP contribution in [0.1, 0.15) is 30.6 Å². The van der Waals surface area contributed by atoms with Crippen molar-refractivity contribution in [2.24, 2.45) is 5.92 Å². The van der Waals surface area contributed by atoms with Gasteiger partial charge in [0.05, 0.1) is 5.56 Å². The lowest BCUT2D eigenvalue weighted by molar-refractivity contribution is -0.139. The van der Waals surface area contributed by atoms with Gasteiger partial charge in [0, 0.05) is 3.57 Å². The zero-order chi connectivity index (χ0) is 15.4. The minimum atomic E-state index is -1.16. The highest BCUT2D eigenvalue weighted by Gasteiger charge is 2.23. The van der Waals surface area contributed by atoms with Crippen LogP contribution in [0, 0.1) is 21.1 Å². The molecule has 20 heavy (non-hydrogen) atoms. The van der Waals surface area contributed by atoms with Gasteiger partial charge in [-0.2, -0.15) is 0 Å². The molecule has 0 aliphatic heterocycles. The lowest BCUT2D eigenvalue weighted by Gasteiger charge is -2.17. The largest absolute Gasteiger partial charge is 0.480 e. The molecule has 1 rings (SSSR count). The molecule has 0 saturated heterocycles. The Bertz CT molecular complexity index is 535. The topological polar surface area (TPSA) is 66.4 Å². The van der Waals surface area contributed by atoms with Gasteiger partial charge in [-0.25, -0.2) is 13.6 Å². The molecule has 0 unspecified atom stereocenters. The summed E-state index contributed by atoms with van der Waals surface area (Å²) in [5.41, 5.74) is -0.0838. The molecule has 1 aromatic carbocycles. The van der Waals surface area contributed by atoms with E-state index in [4.69, 9.17) is 5.11 Å². The lowest BCUT2D eigenvalue weighted by atomic mass is 10.0. The zero-order valence-electron chi connectivity index (χ0n) is 10.9. The maximum Gasteiger partial charge on any atom is 0.326 e. The molecule has 0 aromatic heterocycles. The van der Waals surface area contributed by atoms with Gasteiger partial charge in [0.1, 0.15) is 6.04 Å². The summed E-state index contributed by atoms with van der Waals surface area (Å²) in [6.45, 7) is 3.65. The van der Waals surface area contributed by atoms with E-state index in [1.54, 1.807) is 22.6 Å². The number of aliphatic carboxylic acids is 1. The number of rotatable bonds is 5. The van der Waals surface area contributed by atoms with Crippen LogP contribution in [0.5, 0.6) is 0 Å². The Morgan fingerprint density at radius 2 is 1.85 bits per heavy atom. The molecule has 1 amide bonds. The summed E-state index contributed by atoms with van der Waals surface area (Å²) in [6, 6.07) is 0.593. The Balaban J connectivity index is 2.95. The molecular weight excluding hydrogens is 383 g/mol. The van der Waals surface area contributed by atoms with Crippen molar-refractivity contribution in [1.29, 1.82) is 0 Å². The summed E-state index contributed by atoms with van der Waals surface area (Å²) >= 11 is 1.69. The Morgan fingerprint density at radius 3 is 2.35 bits per heavy atom. The van der Waals surface area contributed by atoms with E-state index in [-0.39, 0.29) is 21.5 Å². The molecule has 7 heteroatoms. The number of nitrogens with one attached hydrogen (secondary N) is 1. The molecule has 1 aromatic rings. The maximum atomic E-state index is 13.2. The number of benzene rings is 1. The highest BCUT2D eigenvalue weighted by Crippen LogP contribution is 2.17. The van der Waals surface area contributed by atoms with Crippen molar-refractivity contribution in [3.8, 4) is 0 Å². The van der Waals surface area contributed by atoms with E-state index in [2.05, 4.69) is 5.32 Å². The van der Waals surface area contributed by atoms with Crippen molar-refractivity contribution in [3.63, 3.8) is 0 Å². The monoisotopic (exact) mass is 397 g/mol. The molecule has 0 aliphatic carbocycles. The number of carbonyl (C=O) groups excluding carboxylic acids is 1. The first-order chi connectivity index (χ1) is 9.22. The van der Waals surface area contributed by atoms with Crippen molar-refractivity contribution >= 4 is 34.5 Å². The Kier molecular flexibility index (Phi) is 5.85. The average molecular weight is 397 g/mol. The second kappa shape index (κ2) is 6.96. The molecule has 0 spiro atoms. The van der Waals surface area contributed by atoms with Crippen LogP contribution in [0.4, 0.5) is 8.78 Å². The molecule has 2 N–H and O–H groups in total. The van der Waals surface area contributed by atoms with Crippen LogP contribution >= 0.6 is 22.6 Å². The van der Waals surface area contributed by atoms with E-state index in [1.165, 1.54) is 0 Å². The fourth-order valence-corrected chi connectivity index (χ4v) is 2.30. The minimum absolute atomic E-state index is 0.0698. The summed E-state index contributed by atoms with van der Waals surface area (Å²) in [5, 5.41) is 11.4. The van der Waals surface area contributed by atoms with Crippen LogP contribution in [0.2, 0.25) is 0 Å². The van der Waals surface area contributed by atoms with Crippen molar-refractivity contribution in [1.82, 2.24) is 5.32 Å². The van der Waals surface area contributed by atoms with Crippen LogP contribution in [0.3, 0.4) is 0 Å². The summed E-state index contributed by atoms with van der Waals surface area (Å²) < 4.78 is 26.3. The molecule has 4 nitrogen and oxygen atoms in total. The smallest absolute Gasteiger partial charge is 0.326 e. The van der Waals surface area contributed by atoms with Crippen LogP contribution < -0.4 is 5.32 Å². The predicted molar refractivity (Wildman–Crippen MR) is 77.4 cm³/mol. The van der Waals surface area contributed by atoms with Crippen molar-refractivity contribution in [2.75, 3.05) is 0 Å². The second-order valence-electron chi connectivity index (χ2n) is 4.74.